The number of hydrogen-bond acceptors (Lipinski definition) is 2. The average molecular weight is 318 g/mol. The van der Waals surface area contributed by atoms with E-state index in [9.17, 15) is 10.2 Å². The topological polar surface area (TPSA) is 40.5 Å². The molecule has 122 valence electrons. The van der Waals surface area contributed by atoms with Gasteiger partial charge in [-0.05, 0) is 77.4 Å². The number of phenolic OH excluding ortho intramolecular Hbond substituents is 1. The van der Waals surface area contributed by atoms with Gasteiger partial charge in [-0.25, -0.2) is 0 Å². The summed E-state index contributed by atoms with van der Waals surface area (Å²) in [6.07, 6.45) is 0. The molecule has 0 unspecified atom stereocenters. The SMILES string of the molecule is Cc1cc(-c2ccc(O)cc2)cc(C)c1-c1cccc(CO)c1C. The van der Waals surface area contributed by atoms with E-state index < -0.39 is 0 Å². The molecule has 24 heavy (non-hydrogen) atoms. The normalized spacial score (nSPS) is 10.8. The summed E-state index contributed by atoms with van der Waals surface area (Å²) in [6.45, 7) is 6.37. The molecule has 3 rings (SSSR count). The number of aliphatic hydroxyl groups excluding tert-OH is 1. The standard InChI is InChI=1S/C22H22O2/c1-14-11-19(17-7-9-20(24)10-8-17)12-15(2)22(14)21-6-4-5-18(13-23)16(21)3/h4-12,23-24H,13H2,1-3H3. The Morgan fingerprint density at radius 2 is 1.42 bits per heavy atom. The smallest absolute Gasteiger partial charge is 0.115 e. The second-order valence-corrected chi connectivity index (χ2v) is 6.28. The lowest BCUT2D eigenvalue weighted by Crippen LogP contribution is -1.96. The van der Waals surface area contributed by atoms with Gasteiger partial charge in [-0.2, -0.15) is 0 Å². The Morgan fingerprint density at radius 1 is 0.792 bits per heavy atom. The molecular weight excluding hydrogens is 296 g/mol. The van der Waals surface area contributed by atoms with Crippen LogP contribution in [0.1, 0.15) is 22.3 Å². The molecule has 0 aromatic heterocycles. The third-order valence-corrected chi connectivity index (χ3v) is 4.62. The molecule has 2 N–H and O–H groups in total. The monoisotopic (exact) mass is 318 g/mol. The fraction of sp³-hybridized carbons (Fsp3) is 0.182. The van der Waals surface area contributed by atoms with Gasteiger partial charge >= 0.3 is 0 Å². The first-order valence-electron chi connectivity index (χ1n) is 8.11. The Hall–Kier alpha value is -2.58. The summed E-state index contributed by atoms with van der Waals surface area (Å²) < 4.78 is 0. The zero-order valence-corrected chi connectivity index (χ0v) is 14.3. The Morgan fingerprint density at radius 3 is 2.00 bits per heavy atom. The highest BCUT2D eigenvalue weighted by atomic mass is 16.3. The zero-order valence-electron chi connectivity index (χ0n) is 14.3. The molecule has 0 aliphatic rings. The maximum Gasteiger partial charge on any atom is 0.115 e. The van der Waals surface area contributed by atoms with Gasteiger partial charge in [-0.15, -0.1) is 0 Å². The van der Waals surface area contributed by atoms with Gasteiger partial charge in [0.1, 0.15) is 5.75 Å². The Labute approximate surface area is 143 Å². The summed E-state index contributed by atoms with van der Waals surface area (Å²) in [5, 5.41) is 19.0. The van der Waals surface area contributed by atoms with Gasteiger partial charge in [-0.1, -0.05) is 42.5 Å². The van der Waals surface area contributed by atoms with E-state index in [2.05, 4.69) is 39.0 Å². The van der Waals surface area contributed by atoms with Crippen molar-refractivity contribution >= 4 is 0 Å². The van der Waals surface area contributed by atoms with Crippen LogP contribution >= 0.6 is 0 Å². The molecule has 3 aromatic carbocycles. The van der Waals surface area contributed by atoms with Gasteiger partial charge < -0.3 is 10.2 Å². The second-order valence-electron chi connectivity index (χ2n) is 6.28. The van der Waals surface area contributed by atoms with Crippen molar-refractivity contribution in [3.63, 3.8) is 0 Å². The number of rotatable bonds is 3. The fourth-order valence-electron chi connectivity index (χ4n) is 3.33. The molecule has 2 heteroatoms. The van der Waals surface area contributed by atoms with Crippen molar-refractivity contribution < 1.29 is 10.2 Å². The highest BCUT2D eigenvalue weighted by Gasteiger charge is 2.12. The average Bonchev–Trinajstić information content (AvgIpc) is 2.56. The van der Waals surface area contributed by atoms with Crippen LogP contribution in [0.2, 0.25) is 0 Å². The molecule has 0 atom stereocenters. The number of hydrogen-bond donors (Lipinski definition) is 2. The zero-order chi connectivity index (χ0) is 17.3. The maximum atomic E-state index is 9.52. The molecule has 0 spiro atoms. The third-order valence-electron chi connectivity index (χ3n) is 4.62. The second kappa shape index (κ2) is 6.50. The summed E-state index contributed by atoms with van der Waals surface area (Å²) in [5.41, 5.74) is 9.14. The molecule has 0 aliphatic carbocycles. The summed E-state index contributed by atoms with van der Waals surface area (Å²) in [6, 6.07) is 17.7. The molecule has 2 nitrogen and oxygen atoms in total. The van der Waals surface area contributed by atoms with Crippen molar-refractivity contribution in [1.29, 1.82) is 0 Å². The quantitative estimate of drug-likeness (QED) is 0.701. The minimum Gasteiger partial charge on any atom is -0.508 e. The molecule has 0 saturated carbocycles. The summed E-state index contributed by atoms with van der Waals surface area (Å²) in [7, 11) is 0. The summed E-state index contributed by atoms with van der Waals surface area (Å²) >= 11 is 0. The van der Waals surface area contributed by atoms with Crippen molar-refractivity contribution in [2.45, 2.75) is 27.4 Å². The molecule has 0 fully saturated rings. The van der Waals surface area contributed by atoms with Gasteiger partial charge in [0.25, 0.3) is 0 Å². The molecule has 0 amide bonds. The molecule has 0 radical (unpaired) electrons. The molecular formula is C22H22O2. The van der Waals surface area contributed by atoms with Crippen LogP contribution in [-0.2, 0) is 6.61 Å². The van der Waals surface area contributed by atoms with Crippen LogP contribution in [0.25, 0.3) is 22.3 Å². The molecule has 0 aliphatic heterocycles. The Kier molecular flexibility index (Phi) is 4.41. The minimum atomic E-state index is 0.0589. The van der Waals surface area contributed by atoms with Crippen molar-refractivity contribution in [1.82, 2.24) is 0 Å². The van der Waals surface area contributed by atoms with Crippen molar-refractivity contribution in [3.8, 4) is 28.0 Å². The van der Waals surface area contributed by atoms with Crippen LogP contribution in [0.4, 0.5) is 0 Å². The van der Waals surface area contributed by atoms with Gasteiger partial charge in [-0.3, -0.25) is 0 Å². The fourth-order valence-corrected chi connectivity index (χ4v) is 3.33. The van der Waals surface area contributed by atoms with Crippen LogP contribution in [0.5, 0.6) is 5.75 Å². The summed E-state index contributed by atoms with van der Waals surface area (Å²) in [5.74, 6) is 0.278. The van der Waals surface area contributed by atoms with Gasteiger partial charge in [0, 0.05) is 0 Å². The lowest BCUT2D eigenvalue weighted by Gasteiger charge is -2.17. The number of phenols is 1. The van der Waals surface area contributed by atoms with Crippen molar-refractivity contribution in [2.75, 3.05) is 0 Å². The third kappa shape index (κ3) is 2.93. The first-order valence-corrected chi connectivity index (χ1v) is 8.11. The van der Waals surface area contributed by atoms with E-state index >= 15 is 0 Å². The van der Waals surface area contributed by atoms with E-state index in [1.807, 2.05) is 24.3 Å². The molecule has 3 aromatic rings. The van der Waals surface area contributed by atoms with Crippen molar-refractivity contribution in [2.24, 2.45) is 0 Å². The van der Waals surface area contributed by atoms with E-state index in [0.717, 1.165) is 22.3 Å². The molecule has 0 saturated heterocycles. The minimum absolute atomic E-state index is 0.0589. The highest BCUT2D eigenvalue weighted by Crippen LogP contribution is 2.35. The van der Waals surface area contributed by atoms with Crippen LogP contribution in [0.3, 0.4) is 0 Å². The van der Waals surface area contributed by atoms with Crippen LogP contribution in [0, 0.1) is 20.8 Å². The molecule has 0 bridgehead atoms. The maximum absolute atomic E-state index is 9.52. The Bertz CT molecular complexity index is 854. The van der Waals surface area contributed by atoms with E-state index in [4.69, 9.17) is 0 Å². The van der Waals surface area contributed by atoms with Gasteiger partial charge in [0.05, 0.1) is 6.61 Å². The van der Waals surface area contributed by atoms with Gasteiger partial charge in [0.15, 0.2) is 0 Å². The van der Waals surface area contributed by atoms with E-state index in [1.54, 1.807) is 12.1 Å². The first kappa shape index (κ1) is 16.3. The van der Waals surface area contributed by atoms with E-state index in [0.29, 0.717) is 0 Å². The Balaban J connectivity index is 2.13. The van der Waals surface area contributed by atoms with E-state index in [-0.39, 0.29) is 12.4 Å². The van der Waals surface area contributed by atoms with E-state index in [1.165, 1.54) is 22.3 Å². The predicted molar refractivity (Wildman–Crippen MR) is 99.1 cm³/mol. The number of aromatic hydroxyl groups is 1. The van der Waals surface area contributed by atoms with Gasteiger partial charge in [0.2, 0.25) is 0 Å². The van der Waals surface area contributed by atoms with Crippen LogP contribution in [-0.4, -0.2) is 10.2 Å². The predicted octanol–water partition coefficient (Wildman–Crippen LogP) is 5.14. The molecule has 0 heterocycles. The number of benzene rings is 3. The van der Waals surface area contributed by atoms with Crippen molar-refractivity contribution in [3.05, 3.63) is 76.9 Å². The number of aliphatic hydroxyl groups is 1. The first-order chi connectivity index (χ1) is 11.5. The summed E-state index contributed by atoms with van der Waals surface area (Å²) in [4.78, 5) is 0. The lowest BCUT2D eigenvalue weighted by molar-refractivity contribution is 0.281. The van der Waals surface area contributed by atoms with Crippen LogP contribution < -0.4 is 0 Å². The van der Waals surface area contributed by atoms with Crippen LogP contribution in [0.15, 0.2) is 54.6 Å². The largest absolute Gasteiger partial charge is 0.508 e. The highest BCUT2D eigenvalue weighted by molar-refractivity contribution is 5.79. The lowest BCUT2D eigenvalue weighted by atomic mass is 9.88. The number of aryl methyl sites for hydroxylation is 2.